The average Bonchev–Trinajstić information content (AvgIpc) is 3.03. The van der Waals surface area contributed by atoms with Crippen molar-refractivity contribution in [2.75, 3.05) is 13.1 Å². The third-order valence-electron chi connectivity index (χ3n) is 5.41. The lowest BCUT2D eigenvalue weighted by Crippen LogP contribution is -2.48. The van der Waals surface area contributed by atoms with E-state index in [2.05, 4.69) is 11.8 Å². The van der Waals surface area contributed by atoms with Gasteiger partial charge in [-0.1, -0.05) is 6.92 Å². The van der Waals surface area contributed by atoms with Gasteiger partial charge in [-0.3, -0.25) is 4.90 Å². The number of piperidine rings is 1. The van der Waals surface area contributed by atoms with Crippen LogP contribution in [0.4, 0.5) is 0 Å². The van der Waals surface area contributed by atoms with Crippen molar-refractivity contribution in [1.82, 2.24) is 4.90 Å². The van der Waals surface area contributed by atoms with Crippen LogP contribution in [0.3, 0.4) is 0 Å². The Kier molecular flexibility index (Phi) is 2.75. The molecule has 0 aromatic rings. The average molecular weight is 223 g/mol. The molecule has 1 spiro atoms. The molecule has 3 fully saturated rings. The van der Waals surface area contributed by atoms with Gasteiger partial charge in [-0.05, 0) is 69.4 Å². The van der Waals surface area contributed by atoms with Crippen LogP contribution in [0, 0.1) is 11.3 Å². The molecule has 92 valence electrons. The first kappa shape index (κ1) is 11.0. The fourth-order valence-corrected chi connectivity index (χ4v) is 3.79. The van der Waals surface area contributed by atoms with E-state index in [1.165, 1.54) is 45.2 Å². The predicted molar refractivity (Wildman–Crippen MR) is 65.3 cm³/mol. The molecular weight excluding hydrogens is 198 g/mol. The quantitative estimate of drug-likeness (QED) is 0.738. The monoisotopic (exact) mass is 223 g/mol. The van der Waals surface area contributed by atoms with Crippen molar-refractivity contribution in [1.29, 1.82) is 0 Å². The van der Waals surface area contributed by atoms with E-state index in [0.717, 1.165) is 24.2 Å². The van der Waals surface area contributed by atoms with Crippen molar-refractivity contribution in [3.05, 3.63) is 0 Å². The lowest BCUT2D eigenvalue weighted by molar-refractivity contribution is 0.0142. The molecule has 1 heterocycles. The zero-order valence-electron chi connectivity index (χ0n) is 10.5. The highest BCUT2D eigenvalue weighted by Crippen LogP contribution is 2.54. The van der Waals surface area contributed by atoms with Crippen LogP contribution in [0.1, 0.15) is 51.9 Å². The highest BCUT2D eigenvalue weighted by Gasteiger charge is 2.46. The molecule has 0 aromatic heterocycles. The van der Waals surface area contributed by atoms with Gasteiger partial charge < -0.3 is 5.11 Å². The molecule has 2 heteroatoms. The molecule has 0 bridgehead atoms. The van der Waals surface area contributed by atoms with Gasteiger partial charge in [0.15, 0.2) is 0 Å². The number of hydrogen-bond acceptors (Lipinski definition) is 2. The van der Waals surface area contributed by atoms with Crippen molar-refractivity contribution in [3.8, 4) is 0 Å². The summed E-state index contributed by atoms with van der Waals surface area (Å²) in [5.41, 5.74) is 0.785. The van der Waals surface area contributed by atoms with E-state index >= 15 is 0 Å². The third kappa shape index (κ3) is 2.02. The lowest BCUT2D eigenvalue weighted by atomic mass is 9.81. The molecule has 0 aromatic carbocycles. The van der Waals surface area contributed by atoms with Crippen LogP contribution < -0.4 is 0 Å². The highest BCUT2D eigenvalue weighted by molar-refractivity contribution is 4.98. The summed E-state index contributed by atoms with van der Waals surface area (Å²) in [6.07, 6.45) is 9.06. The van der Waals surface area contributed by atoms with Gasteiger partial charge in [0.1, 0.15) is 0 Å². The molecule has 1 aliphatic heterocycles. The van der Waals surface area contributed by atoms with Crippen LogP contribution >= 0.6 is 0 Å². The SMILES string of the molecule is CC1CCC(O)CC1N1CCC2(CC1)CC2. The highest BCUT2D eigenvalue weighted by atomic mass is 16.3. The Morgan fingerprint density at radius 2 is 1.75 bits per heavy atom. The third-order valence-corrected chi connectivity index (χ3v) is 5.41. The fourth-order valence-electron chi connectivity index (χ4n) is 3.79. The van der Waals surface area contributed by atoms with E-state index in [-0.39, 0.29) is 6.10 Å². The van der Waals surface area contributed by atoms with Crippen LogP contribution in [0.25, 0.3) is 0 Å². The zero-order chi connectivity index (χ0) is 11.2. The van der Waals surface area contributed by atoms with Crippen molar-refractivity contribution in [2.24, 2.45) is 11.3 Å². The van der Waals surface area contributed by atoms with Crippen molar-refractivity contribution >= 4 is 0 Å². The summed E-state index contributed by atoms with van der Waals surface area (Å²) in [6.45, 7) is 4.96. The summed E-state index contributed by atoms with van der Waals surface area (Å²) in [5, 5.41) is 9.82. The van der Waals surface area contributed by atoms with E-state index in [4.69, 9.17) is 0 Å². The molecular formula is C14H25NO. The van der Waals surface area contributed by atoms with Crippen LogP contribution in [-0.2, 0) is 0 Å². The summed E-state index contributed by atoms with van der Waals surface area (Å²) in [5.74, 6) is 0.789. The molecule has 2 saturated carbocycles. The zero-order valence-corrected chi connectivity index (χ0v) is 10.5. The minimum atomic E-state index is -0.0296. The second-order valence-electron chi connectivity index (χ2n) is 6.55. The maximum atomic E-state index is 9.82. The van der Waals surface area contributed by atoms with E-state index in [1.54, 1.807) is 0 Å². The maximum Gasteiger partial charge on any atom is 0.0555 e. The lowest BCUT2D eigenvalue weighted by Gasteiger charge is -2.43. The molecule has 3 unspecified atom stereocenters. The minimum absolute atomic E-state index is 0.0296. The Morgan fingerprint density at radius 3 is 2.38 bits per heavy atom. The Bertz CT molecular complexity index is 251. The van der Waals surface area contributed by atoms with Gasteiger partial charge in [0.25, 0.3) is 0 Å². The van der Waals surface area contributed by atoms with Crippen molar-refractivity contribution < 1.29 is 5.11 Å². The summed E-state index contributed by atoms with van der Waals surface area (Å²) >= 11 is 0. The largest absolute Gasteiger partial charge is 0.393 e. The van der Waals surface area contributed by atoms with Gasteiger partial charge in [0.2, 0.25) is 0 Å². The second kappa shape index (κ2) is 3.99. The van der Waals surface area contributed by atoms with Crippen LogP contribution in [-0.4, -0.2) is 35.2 Å². The first-order chi connectivity index (χ1) is 7.69. The Labute approximate surface area is 99.0 Å². The Hall–Kier alpha value is -0.0800. The molecule has 3 atom stereocenters. The van der Waals surface area contributed by atoms with Gasteiger partial charge in [-0.15, -0.1) is 0 Å². The molecule has 1 N–H and O–H groups in total. The van der Waals surface area contributed by atoms with Crippen LogP contribution in [0.5, 0.6) is 0 Å². The number of aliphatic hydroxyl groups excluding tert-OH is 1. The van der Waals surface area contributed by atoms with Gasteiger partial charge in [-0.2, -0.15) is 0 Å². The molecule has 16 heavy (non-hydrogen) atoms. The molecule has 2 aliphatic carbocycles. The smallest absolute Gasteiger partial charge is 0.0555 e. The van der Waals surface area contributed by atoms with E-state index in [9.17, 15) is 5.11 Å². The normalized spacial score (nSPS) is 43.5. The Morgan fingerprint density at radius 1 is 1.06 bits per heavy atom. The summed E-state index contributed by atoms with van der Waals surface area (Å²) in [4.78, 5) is 2.68. The van der Waals surface area contributed by atoms with Gasteiger partial charge in [-0.25, -0.2) is 0 Å². The number of aliphatic hydroxyl groups is 1. The standard InChI is InChI=1S/C14H25NO/c1-11-2-3-12(16)10-13(11)15-8-6-14(4-5-14)7-9-15/h11-13,16H,2-10H2,1H3. The van der Waals surface area contributed by atoms with Gasteiger partial charge in [0.05, 0.1) is 6.10 Å². The van der Waals surface area contributed by atoms with Crippen LogP contribution in [0.2, 0.25) is 0 Å². The Balaban J connectivity index is 1.59. The summed E-state index contributed by atoms with van der Waals surface area (Å²) in [7, 11) is 0. The molecule has 0 radical (unpaired) electrons. The van der Waals surface area contributed by atoms with Crippen LogP contribution in [0.15, 0.2) is 0 Å². The van der Waals surface area contributed by atoms with E-state index in [1.807, 2.05) is 0 Å². The molecule has 3 rings (SSSR count). The van der Waals surface area contributed by atoms with Crippen molar-refractivity contribution in [2.45, 2.75) is 64.0 Å². The van der Waals surface area contributed by atoms with Gasteiger partial charge in [0, 0.05) is 6.04 Å². The first-order valence-corrected chi connectivity index (χ1v) is 7.11. The summed E-state index contributed by atoms with van der Waals surface area (Å²) in [6, 6.07) is 0.667. The molecule has 3 aliphatic rings. The van der Waals surface area contributed by atoms with Gasteiger partial charge >= 0.3 is 0 Å². The topological polar surface area (TPSA) is 23.5 Å². The van der Waals surface area contributed by atoms with Crippen molar-refractivity contribution in [3.63, 3.8) is 0 Å². The van der Waals surface area contributed by atoms with E-state index < -0.39 is 0 Å². The number of nitrogens with zero attached hydrogens (tertiary/aromatic N) is 1. The number of rotatable bonds is 1. The molecule has 0 amide bonds. The second-order valence-corrected chi connectivity index (χ2v) is 6.55. The predicted octanol–water partition coefficient (Wildman–Crippen LogP) is 2.41. The minimum Gasteiger partial charge on any atom is -0.393 e. The number of hydrogen-bond donors (Lipinski definition) is 1. The maximum absolute atomic E-state index is 9.82. The van der Waals surface area contributed by atoms with E-state index in [0.29, 0.717) is 6.04 Å². The molecule has 1 saturated heterocycles. The number of likely N-dealkylation sites (tertiary alicyclic amines) is 1. The first-order valence-electron chi connectivity index (χ1n) is 7.11. The summed E-state index contributed by atoms with van der Waals surface area (Å²) < 4.78 is 0. The molecule has 2 nitrogen and oxygen atoms in total. The fraction of sp³-hybridized carbons (Fsp3) is 1.00.